The standard InChI is InChI=1S/C16H19F3N2O3/c1-3-20-14(22)11-8-21(9-11)15(23)10(2)24-13-7-5-4-6-12(13)16(17,18)19/h4-7,10-11H,3,8-9H2,1-2H3,(H,20,22). The largest absolute Gasteiger partial charge is 0.480 e. The van der Waals surface area contributed by atoms with Crippen LogP contribution in [-0.2, 0) is 15.8 Å². The van der Waals surface area contributed by atoms with Crippen LogP contribution in [0.3, 0.4) is 0 Å². The third kappa shape index (κ3) is 3.98. The Morgan fingerprint density at radius 1 is 1.33 bits per heavy atom. The second kappa shape index (κ2) is 7.11. The summed E-state index contributed by atoms with van der Waals surface area (Å²) in [4.78, 5) is 25.2. The number of halogens is 3. The lowest BCUT2D eigenvalue weighted by molar-refractivity contribution is -0.150. The van der Waals surface area contributed by atoms with Crippen molar-refractivity contribution in [3.63, 3.8) is 0 Å². The molecule has 0 aromatic heterocycles. The lowest BCUT2D eigenvalue weighted by Gasteiger charge is -2.39. The fourth-order valence-electron chi connectivity index (χ4n) is 2.44. The highest BCUT2D eigenvalue weighted by Crippen LogP contribution is 2.36. The Hall–Kier alpha value is -2.25. The third-order valence-corrected chi connectivity index (χ3v) is 3.76. The SMILES string of the molecule is CCNC(=O)C1CN(C(=O)C(C)Oc2ccccc2C(F)(F)F)C1. The highest BCUT2D eigenvalue weighted by atomic mass is 19.4. The molecule has 1 aliphatic heterocycles. The van der Waals surface area contributed by atoms with Gasteiger partial charge in [-0.05, 0) is 26.0 Å². The Bertz CT molecular complexity index is 613. The van der Waals surface area contributed by atoms with Crippen molar-refractivity contribution < 1.29 is 27.5 Å². The first kappa shape index (κ1) is 18.1. The number of nitrogens with zero attached hydrogens (tertiary/aromatic N) is 1. The van der Waals surface area contributed by atoms with E-state index in [9.17, 15) is 22.8 Å². The highest BCUT2D eigenvalue weighted by molar-refractivity contribution is 5.86. The van der Waals surface area contributed by atoms with Gasteiger partial charge in [-0.1, -0.05) is 12.1 Å². The molecule has 0 bridgehead atoms. The highest BCUT2D eigenvalue weighted by Gasteiger charge is 2.39. The molecule has 5 nitrogen and oxygen atoms in total. The second-order valence-corrected chi connectivity index (χ2v) is 5.59. The number of rotatable bonds is 5. The molecule has 1 aromatic rings. The van der Waals surface area contributed by atoms with Crippen LogP contribution in [0.15, 0.2) is 24.3 Å². The molecule has 1 heterocycles. The van der Waals surface area contributed by atoms with Crippen molar-refractivity contribution in [1.29, 1.82) is 0 Å². The average Bonchev–Trinajstić information content (AvgIpc) is 2.45. The van der Waals surface area contributed by atoms with E-state index in [1.54, 1.807) is 6.92 Å². The van der Waals surface area contributed by atoms with Crippen LogP contribution >= 0.6 is 0 Å². The molecule has 1 atom stereocenters. The number of alkyl halides is 3. The van der Waals surface area contributed by atoms with Crippen LogP contribution in [-0.4, -0.2) is 42.5 Å². The van der Waals surface area contributed by atoms with Crippen LogP contribution in [0.1, 0.15) is 19.4 Å². The first-order valence-electron chi connectivity index (χ1n) is 7.63. The summed E-state index contributed by atoms with van der Waals surface area (Å²) in [5, 5.41) is 2.67. The van der Waals surface area contributed by atoms with Crippen LogP contribution in [0, 0.1) is 5.92 Å². The molecule has 1 aromatic carbocycles. The Kier molecular flexibility index (Phi) is 5.36. The topological polar surface area (TPSA) is 58.6 Å². The number of ether oxygens (including phenoxy) is 1. The van der Waals surface area contributed by atoms with Gasteiger partial charge in [0.25, 0.3) is 5.91 Å². The molecular weight excluding hydrogens is 325 g/mol. The van der Waals surface area contributed by atoms with Gasteiger partial charge in [0, 0.05) is 19.6 Å². The number of carbonyl (C=O) groups excluding carboxylic acids is 2. The fourth-order valence-corrected chi connectivity index (χ4v) is 2.44. The molecule has 8 heteroatoms. The van der Waals surface area contributed by atoms with Crippen LogP contribution in [0.2, 0.25) is 0 Å². The molecule has 0 radical (unpaired) electrons. The minimum absolute atomic E-state index is 0.127. The van der Waals surface area contributed by atoms with E-state index < -0.39 is 23.8 Å². The van der Waals surface area contributed by atoms with Gasteiger partial charge in [-0.15, -0.1) is 0 Å². The summed E-state index contributed by atoms with van der Waals surface area (Å²) in [6.07, 6.45) is -5.62. The summed E-state index contributed by atoms with van der Waals surface area (Å²) in [7, 11) is 0. The molecule has 2 rings (SSSR count). The van der Waals surface area contributed by atoms with E-state index in [0.717, 1.165) is 6.07 Å². The predicted molar refractivity (Wildman–Crippen MR) is 80.3 cm³/mol. The number of nitrogens with one attached hydrogen (secondary N) is 1. The van der Waals surface area contributed by atoms with Crippen LogP contribution in [0.25, 0.3) is 0 Å². The molecule has 1 fully saturated rings. The predicted octanol–water partition coefficient (Wildman–Crippen LogP) is 2.07. The molecule has 0 aliphatic carbocycles. The number of hydrogen-bond donors (Lipinski definition) is 1. The molecule has 0 spiro atoms. The summed E-state index contributed by atoms with van der Waals surface area (Å²) in [6.45, 7) is 4.21. The molecular formula is C16H19F3N2O3. The number of para-hydroxylation sites is 1. The van der Waals surface area contributed by atoms with E-state index in [1.807, 2.05) is 0 Å². The monoisotopic (exact) mass is 344 g/mol. The lowest BCUT2D eigenvalue weighted by atomic mass is 9.98. The molecule has 1 aliphatic rings. The van der Waals surface area contributed by atoms with Crippen molar-refractivity contribution in [2.24, 2.45) is 5.92 Å². The van der Waals surface area contributed by atoms with Gasteiger partial charge < -0.3 is 15.0 Å². The van der Waals surface area contributed by atoms with Crippen molar-refractivity contribution in [3.05, 3.63) is 29.8 Å². The maximum absolute atomic E-state index is 12.9. The summed E-state index contributed by atoms with van der Waals surface area (Å²) < 4.78 is 44.0. The van der Waals surface area contributed by atoms with E-state index in [1.165, 1.54) is 30.0 Å². The van der Waals surface area contributed by atoms with Gasteiger partial charge in [0.05, 0.1) is 11.5 Å². The molecule has 2 amide bonds. The van der Waals surface area contributed by atoms with E-state index in [0.29, 0.717) is 6.54 Å². The van der Waals surface area contributed by atoms with E-state index in [-0.39, 0.29) is 30.7 Å². The van der Waals surface area contributed by atoms with Gasteiger partial charge in [-0.25, -0.2) is 0 Å². The molecule has 24 heavy (non-hydrogen) atoms. The van der Waals surface area contributed by atoms with Crippen LogP contribution < -0.4 is 10.1 Å². The van der Waals surface area contributed by atoms with Gasteiger partial charge in [0.15, 0.2) is 6.10 Å². The van der Waals surface area contributed by atoms with Crippen molar-refractivity contribution in [3.8, 4) is 5.75 Å². The quantitative estimate of drug-likeness (QED) is 0.890. The van der Waals surface area contributed by atoms with Crippen molar-refractivity contribution in [2.75, 3.05) is 19.6 Å². The average molecular weight is 344 g/mol. The molecule has 0 saturated carbocycles. The van der Waals surface area contributed by atoms with E-state index in [4.69, 9.17) is 4.74 Å². The first-order valence-corrected chi connectivity index (χ1v) is 7.63. The van der Waals surface area contributed by atoms with E-state index >= 15 is 0 Å². The fraction of sp³-hybridized carbons (Fsp3) is 0.500. The molecule has 132 valence electrons. The van der Waals surface area contributed by atoms with Crippen LogP contribution in [0.4, 0.5) is 13.2 Å². The number of amides is 2. The number of carbonyl (C=O) groups is 2. The summed E-state index contributed by atoms with van der Waals surface area (Å²) in [5.74, 6) is -1.22. The maximum atomic E-state index is 12.9. The Morgan fingerprint density at radius 3 is 2.54 bits per heavy atom. The number of hydrogen-bond acceptors (Lipinski definition) is 3. The van der Waals surface area contributed by atoms with Gasteiger partial charge in [-0.2, -0.15) is 13.2 Å². The van der Waals surface area contributed by atoms with E-state index in [2.05, 4.69) is 5.32 Å². The Labute approximate surface area is 137 Å². The van der Waals surface area contributed by atoms with Crippen molar-refractivity contribution in [1.82, 2.24) is 10.2 Å². The molecule has 1 saturated heterocycles. The third-order valence-electron chi connectivity index (χ3n) is 3.76. The lowest BCUT2D eigenvalue weighted by Crippen LogP contribution is -2.58. The number of likely N-dealkylation sites (tertiary alicyclic amines) is 1. The minimum atomic E-state index is -4.56. The Balaban J connectivity index is 1.96. The zero-order valence-corrected chi connectivity index (χ0v) is 13.4. The molecule has 1 unspecified atom stereocenters. The van der Waals surface area contributed by atoms with Gasteiger partial charge in [0.1, 0.15) is 5.75 Å². The second-order valence-electron chi connectivity index (χ2n) is 5.59. The normalized spacial score (nSPS) is 16.3. The number of benzene rings is 1. The van der Waals surface area contributed by atoms with Crippen molar-refractivity contribution in [2.45, 2.75) is 26.1 Å². The maximum Gasteiger partial charge on any atom is 0.419 e. The zero-order chi connectivity index (χ0) is 17.9. The summed E-state index contributed by atoms with van der Waals surface area (Å²) >= 11 is 0. The summed E-state index contributed by atoms with van der Waals surface area (Å²) in [5.41, 5.74) is -0.923. The van der Waals surface area contributed by atoms with Gasteiger partial charge in [0.2, 0.25) is 5.91 Å². The Morgan fingerprint density at radius 2 is 1.96 bits per heavy atom. The minimum Gasteiger partial charge on any atom is -0.480 e. The van der Waals surface area contributed by atoms with Crippen molar-refractivity contribution >= 4 is 11.8 Å². The van der Waals surface area contributed by atoms with Gasteiger partial charge >= 0.3 is 6.18 Å². The first-order chi connectivity index (χ1) is 11.2. The summed E-state index contributed by atoms with van der Waals surface area (Å²) in [6, 6.07) is 4.76. The smallest absolute Gasteiger partial charge is 0.419 e. The molecule has 1 N–H and O–H groups in total. The van der Waals surface area contributed by atoms with Crippen LogP contribution in [0.5, 0.6) is 5.75 Å². The van der Waals surface area contributed by atoms with Gasteiger partial charge in [-0.3, -0.25) is 9.59 Å². The zero-order valence-electron chi connectivity index (χ0n) is 13.4.